The zero-order valence-corrected chi connectivity index (χ0v) is 10.6. The third kappa shape index (κ3) is 4.99. The van der Waals surface area contributed by atoms with E-state index in [0.717, 1.165) is 6.54 Å². The lowest BCUT2D eigenvalue weighted by molar-refractivity contribution is 0.0794. The van der Waals surface area contributed by atoms with Gasteiger partial charge in [-0.1, -0.05) is 12.1 Å². The Morgan fingerprint density at radius 2 is 2.31 bits per heavy atom. The van der Waals surface area contributed by atoms with Crippen LogP contribution in [0.3, 0.4) is 0 Å². The van der Waals surface area contributed by atoms with E-state index in [-0.39, 0.29) is 0 Å². The van der Waals surface area contributed by atoms with Crippen molar-refractivity contribution in [3.63, 3.8) is 0 Å². The van der Waals surface area contributed by atoms with Crippen molar-refractivity contribution in [1.82, 2.24) is 5.32 Å². The molecule has 1 aromatic rings. The second-order valence-electron chi connectivity index (χ2n) is 3.60. The van der Waals surface area contributed by atoms with Gasteiger partial charge in [0.25, 0.3) is 0 Å². The molecule has 0 amide bonds. The zero-order chi connectivity index (χ0) is 11.8. The first-order chi connectivity index (χ1) is 7.76. The third-order valence-corrected chi connectivity index (χ3v) is 3.22. The monoisotopic (exact) mass is 241 g/mol. The van der Waals surface area contributed by atoms with Crippen LogP contribution < -0.4 is 5.32 Å². The Hall–Kier alpha value is -0.550. The van der Waals surface area contributed by atoms with E-state index < -0.39 is 6.10 Å². The van der Waals surface area contributed by atoms with Crippen molar-refractivity contribution in [1.29, 1.82) is 0 Å². The number of aliphatic hydroxyl groups excluding tert-OH is 1. The summed E-state index contributed by atoms with van der Waals surface area (Å²) in [6.45, 7) is 1.26. The quantitative estimate of drug-likeness (QED) is 0.710. The Morgan fingerprint density at radius 3 is 3.00 bits per heavy atom. The smallest absolute Gasteiger partial charge is 0.0867 e. The third-order valence-electron chi connectivity index (χ3n) is 2.08. The summed E-state index contributed by atoms with van der Waals surface area (Å²) in [5.74, 6) is 0.664. The van der Waals surface area contributed by atoms with Crippen molar-refractivity contribution in [2.45, 2.75) is 17.5 Å². The van der Waals surface area contributed by atoms with Gasteiger partial charge in [-0.05, 0) is 24.7 Å². The molecule has 2 N–H and O–H groups in total. The highest BCUT2D eigenvalue weighted by Gasteiger charge is 2.04. The minimum absolute atomic E-state index is 0.392. The van der Waals surface area contributed by atoms with Crippen LogP contribution in [0, 0.1) is 0 Å². The number of aliphatic hydroxyl groups is 1. The summed E-state index contributed by atoms with van der Waals surface area (Å²) >= 11 is 1.65. The van der Waals surface area contributed by atoms with Crippen LogP contribution in [0.5, 0.6) is 0 Å². The number of ether oxygens (including phenoxy) is 1. The maximum absolute atomic E-state index is 9.52. The molecule has 3 nitrogen and oxygen atoms in total. The van der Waals surface area contributed by atoms with E-state index in [0.29, 0.717) is 12.4 Å². The summed E-state index contributed by atoms with van der Waals surface area (Å²) in [5, 5.41) is 12.6. The summed E-state index contributed by atoms with van der Waals surface area (Å²) in [4.78, 5) is 1.18. The Morgan fingerprint density at radius 1 is 1.50 bits per heavy atom. The van der Waals surface area contributed by atoms with Crippen LogP contribution >= 0.6 is 11.8 Å². The standard InChI is InChI=1S/C12H19NO2S/c1-13-7-10-4-3-5-12(6-10)16-9-11(14)8-15-2/h3-6,11,13-14H,7-9H2,1-2H3. The molecule has 4 heteroatoms. The van der Waals surface area contributed by atoms with Gasteiger partial charge in [-0.15, -0.1) is 11.8 Å². The SMILES string of the molecule is CNCc1cccc(SCC(O)COC)c1. The van der Waals surface area contributed by atoms with E-state index >= 15 is 0 Å². The average Bonchev–Trinajstić information content (AvgIpc) is 2.28. The number of nitrogens with one attached hydrogen (secondary N) is 1. The number of benzene rings is 1. The predicted octanol–water partition coefficient (Wildman–Crippen LogP) is 1.51. The Labute approximate surface area is 101 Å². The highest BCUT2D eigenvalue weighted by molar-refractivity contribution is 7.99. The maximum atomic E-state index is 9.52. The summed E-state index contributed by atoms with van der Waals surface area (Å²) in [6.07, 6.45) is -0.400. The lowest BCUT2D eigenvalue weighted by Crippen LogP contribution is -2.16. The second kappa shape index (κ2) is 7.68. The molecule has 0 fully saturated rings. The van der Waals surface area contributed by atoms with Crippen LogP contribution in [-0.2, 0) is 11.3 Å². The molecule has 0 bridgehead atoms. The van der Waals surface area contributed by atoms with E-state index in [4.69, 9.17) is 4.74 Å². The van der Waals surface area contributed by atoms with Gasteiger partial charge in [0.1, 0.15) is 0 Å². The van der Waals surface area contributed by atoms with Crippen LogP contribution in [0.2, 0.25) is 0 Å². The first-order valence-corrected chi connectivity index (χ1v) is 6.28. The lowest BCUT2D eigenvalue weighted by Gasteiger charge is -2.09. The molecule has 1 unspecified atom stereocenters. The largest absolute Gasteiger partial charge is 0.390 e. The maximum Gasteiger partial charge on any atom is 0.0867 e. The van der Waals surface area contributed by atoms with Crippen LogP contribution in [-0.4, -0.2) is 37.7 Å². The zero-order valence-electron chi connectivity index (χ0n) is 9.77. The van der Waals surface area contributed by atoms with E-state index in [9.17, 15) is 5.11 Å². The molecule has 0 saturated carbocycles. The van der Waals surface area contributed by atoms with Gasteiger partial charge >= 0.3 is 0 Å². The lowest BCUT2D eigenvalue weighted by atomic mass is 10.2. The Bertz CT molecular complexity index is 307. The molecule has 0 saturated heterocycles. The van der Waals surface area contributed by atoms with Crippen molar-refractivity contribution < 1.29 is 9.84 Å². The van der Waals surface area contributed by atoms with Crippen LogP contribution in [0.15, 0.2) is 29.2 Å². The molecular formula is C12H19NO2S. The van der Waals surface area contributed by atoms with Gasteiger partial charge in [0.2, 0.25) is 0 Å². The number of methoxy groups -OCH3 is 1. The molecule has 0 aliphatic heterocycles. The van der Waals surface area contributed by atoms with Crippen LogP contribution in [0.1, 0.15) is 5.56 Å². The van der Waals surface area contributed by atoms with Crippen LogP contribution in [0.25, 0.3) is 0 Å². The minimum atomic E-state index is -0.400. The fourth-order valence-electron chi connectivity index (χ4n) is 1.38. The molecule has 0 aromatic heterocycles. The first-order valence-electron chi connectivity index (χ1n) is 5.29. The van der Waals surface area contributed by atoms with Crippen molar-refractivity contribution in [3.8, 4) is 0 Å². The molecule has 0 radical (unpaired) electrons. The predicted molar refractivity (Wildman–Crippen MR) is 67.8 cm³/mol. The first kappa shape index (κ1) is 13.5. The summed E-state index contributed by atoms with van der Waals surface area (Å²) < 4.78 is 4.88. The van der Waals surface area contributed by atoms with Gasteiger partial charge in [-0.25, -0.2) is 0 Å². The summed E-state index contributed by atoms with van der Waals surface area (Å²) in [6, 6.07) is 8.33. The van der Waals surface area contributed by atoms with Gasteiger partial charge in [0.05, 0.1) is 12.7 Å². The van der Waals surface area contributed by atoms with Gasteiger partial charge in [0, 0.05) is 24.3 Å². The molecule has 0 aliphatic carbocycles. The molecule has 1 aromatic carbocycles. The molecule has 90 valence electrons. The fourth-order valence-corrected chi connectivity index (χ4v) is 2.27. The van der Waals surface area contributed by atoms with E-state index in [2.05, 4.69) is 23.5 Å². The highest BCUT2D eigenvalue weighted by Crippen LogP contribution is 2.20. The van der Waals surface area contributed by atoms with Crippen molar-refractivity contribution in [2.75, 3.05) is 26.5 Å². The Kier molecular flexibility index (Phi) is 6.49. The van der Waals surface area contributed by atoms with Gasteiger partial charge in [-0.3, -0.25) is 0 Å². The number of rotatable bonds is 7. The van der Waals surface area contributed by atoms with Gasteiger partial charge < -0.3 is 15.2 Å². The van der Waals surface area contributed by atoms with Crippen LogP contribution in [0.4, 0.5) is 0 Å². The Balaban J connectivity index is 2.44. The highest BCUT2D eigenvalue weighted by atomic mass is 32.2. The fraction of sp³-hybridized carbons (Fsp3) is 0.500. The summed E-state index contributed by atoms with van der Waals surface area (Å²) in [7, 11) is 3.53. The molecule has 0 heterocycles. The van der Waals surface area contributed by atoms with Crippen molar-refractivity contribution in [2.24, 2.45) is 0 Å². The van der Waals surface area contributed by atoms with Gasteiger partial charge in [0.15, 0.2) is 0 Å². The molecular weight excluding hydrogens is 222 g/mol. The molecule has 1 rings (SSSR count). The molecule has 0 aliphatic rings. The normalized spacial score (nSPS) is 12.7. The van der Waals surface area contributed by atoms with E-state index in [1.54, 1.807) is 18.9 Å². The topological polar surface area (TPSA) is 41.5 Å². The summed E-state index contributed by atoms with van der Waals surface area (Å²) in [5.41, 5.74) is 1.26. The minimum Gasteiger partial charge on any atom is -0.390 e. The van der Waals surface area contributed by atoms with E-state index in [1.165, 1.54) is 10.5 Å². The molecule has 16 heavy (non-hydrogen) atoms. The van der Waals surface area contributed by atoms with Crippen molar-refractivity contribution in [3.05, 3.63) is 29.8 Å². The average molecular weight is 241 g/mol. The number of hydrogen-bond donors (Lipinski definition) is 2. The number of thioether (sulfide) groups is 1. The molecule has 0 spiro atoms. The molecule has 1 atom stereocenters. The van der Waals surface area contributed by atoms with Crippen molar-refractivity contribution >= 4 is 11.8 Å². The second-order valence-corrected chi connectivity index (χ2v) is 4.69. The van der Waals surface area contributed by atoms with Gasteiger partial charge in [-0.2, -0.15) is 0 Å². The van der Waals surface area contributed by atoms with E-state index in [1.807, 2.05) is 13.1 Å². The number of hydrogen-bond acceptors (Lipinski definition) is 4.